The Balaban J connectivity index is 2.31. The van der Waals surface area contributed by atoms with E-state index in [1.165, 1.54) is 19.2 Å². The van der Waals surface area contributed by atoms with Crippen molar-refractivity contribution in [1.29, 1.82) is 0 Å². The molecule has 0 amide bonds. The molecule has 112 valence electrons. The van der Waals surface area contributed by atoms with Crippen LogP contribution in [0.2, 0.25) is 0 Å². The van der Waals surface area contributed by atoms with Gasteiger partial charge in [0.05, 0.1) is 7.11 Å². The van der Waals surface area contributed by atoms with Crippen LogP contribution in [-0.4, -0.2) is 14.2 Å². The van der Waals surface area contributed by atoms with Crippen molar-refractivity contribution in [2.24, 2.45) is 0 Å². The Bertz CT molecular complexity index is 628. The maximum absolute atomic E-state index is 14.2. The first-order valence-corrected chi connectivity index (χ1v) is 6.81. The molecule has 0 saturated carbocycles. The summed E-state index contributed by atoms with van der Waals surface area (Å²) in [5.41, 5.74) is 2.37. The number of hydrogen-bond acceptors (Lipinski definition) is 2. The Morgan fingerprint density at radius 1 is 1.19 bits per heavy atom. The third-order valence-corrected chi connectivity index (χ3v) is 3.64. The largest absolute Gasteiger partial charge is 0.494 e. The van der Waals surface area contributed by atoms with Crippen LogP contribution in [0.1, 0.15) is 22.7 Å². The van der Waals surface area contributed by atoms with Crippen molar-refractivity contribution >= 4 is 0 Å². The molecule has 0 radical (unpaired) electrons. The van der Waals surface area contributed by atoms with Crippen LogP contribution in [0.5, 0.6) is 5.75 Å². The quantitative estimate of drug-likeness (QED) is 0.905. The number of hydrogen-bond donors (Lipinski definition) is 1. The minimum Gasteiger partial charge on any atom is -0.494 e. The Morgan fingerprint density at radius 3 is 2.57 bits per heavy atom. The second kappa shape index (κ2) is 6.68. The first-order chi connectivity index (χ1) is 10.1. The molecule has 0 aromatic heterocycles. The lowest BCUT2D eigenvalue weighted by atomic mass is 9.95. The van der Waals surface area contributed by atoms with E-state index in [2.05, 4.69) is 5.32 Å². The number of nitrogens with one attached hydrogen (secondary N) is 1. The Kier molecular flexibility index (Phi) is 4.91. The summed E-state index contributed by atoms with van der Waals surface area (Å²) in [6, 6.07) is 9.66. The number of rotatable bonds is 5. The van der Waals surface area contributed by atoms with Crippen LogP contribution in [0, 0.1) is 18.6 Å². The van der Waals surface area contributed by atoms with Gasteiger partial charge < -0.3 is 10.1 Å². The fourth-order valence-corrected chi connectivity index (χ4v) is 2.49. The molecular formula is C17H19F2NO. The topological polar surface area (TPSA) is 21.3 Å². The number of likely N-dealkylation sites (N-methyl/N-ethyl adjacent to an activating group) is 1. The van der Waals surface area contributed by atoms with E-state index in [1.807, 2.05) is 14.0 Å². The fraction of sp³-hybridized carbons (Fsp3) is 0.294. The summed E-state index contributed by atoms with van der Waals surface area (Å²) in [6.07, 6.45) is 0.464. The summed E-state index contributed by atoms with van der Waals surface area (Å²) in [5.74, 6) is -0.378. The molecule has 2 aromatic carbocycles. The average molecular weight is 291 g/mol. The number of ether oxygens (including phenoxy) is 1. The molecule has 0 heterocycles. The SMILES string of the molecule is CNC(Cc1cccc(OC)c1F)c1ccc(F)cc1C. The highest BCUT2D eigenvalue weighted by Crippen LogP contribution is 2.26. The van der Waals surface area contributed by atoms with Gasteiger partial charge in [0.25, 0.3) is 0 Å². The lowest BCUT2D eigenvalue weighted by Gasteiger charge is -2.20. The van der Waals surface area contributed by atoms with Crippen molar-refractivity contribution in [3.63, 3.8) is 0 Å². The van der Waals surface area contributed by atoms with Gasteiger partial charge in [-0.1, -0.05) is 18.2 Å². The standard InChI is InChI=1S/C17H19F2NO/c1-11-9-13(18)7-8-14(11)15(20-2)10-12-5-4-6-16(21-3)17(12)19/h4-9,15,20H,10H2,1-3H3. The highest BCUT2D eigenvalue weighted by Gasteiger charge is 2.17. The summed E-state index contributed by atoms with van der Waals surface area (Å²) in [7, 11) is 3.26. The van der Waals surface area contributed by atoms with Crippen LogP contribution < -0.4 is 10.1 Å². The molecule has 0 fully saturated rings. The molecule has 0 aliphatic carbocycles. The van der Waals surface area contributed by atoms with Crippen LogP contribution in [0.3, 0.4) is 0 Å². The Labute approximate surface area is 123 Å². The molecule has 2 aromatic rings. The van der Waals surface area contributed by atoms with Gasteiger partial charge in [-0.05, 0) is 55.3 Å². The molecule has 0 spiro atoms. The molecule has 0 saturated heterocycles. The molecule has 1 unspecified atom stereocenters. The third kappa shape index (κ3) is 3.39. The minimum atomic E-state index is -0.347. The van der Waals surface area contributed by atoms with Crippen molar-refractivity contribution < 1.29 is 13.5 Å². The fourth-order valence-electron chi connectivity index (χ4n) is 2.49. The van der Waals surface area contributed by atoms with Gasteiger partial charge in [-0.3, -0.25) is 0 Å². The predicted molar refractivity (Wildman–Crippen MR) is 79.6 cm³/mol. The normalized spacial score (nSPS) is 12.2. The molecule has 2 rings (SSSR count). The van der Waals surface area contributed by atoms with E-state index in [1.54, 1.807) is 24.3 Å². The molecule has 0 aliphatic rings. The summed E-state index contributed by atoms with van der Waals surface area (Å²) in [4.78, 5) is 0. The van der Waals surface area contributed by atoms with E-state index in [9.17, 15) is 8.78 Å². The lowest BCUT2D eigenvalue weighted by molar-refractivity contribution is 0.383. The predicted octanol–water partition coefficient (Wildman–Crippen LogP) is 3.79. The zero-order chi connectivity index (χ0) is 15.4. The van der Waals surface area contributed by atoms with E-state index >= 15 is 0 Å². The van der Waals surface area contributed by atoms with Gasteiger partial charge in [0.2, 0.25) is 0 Å². The number of aryl methyl sites for hydroxylation is 1. The highest BCUT2D eigenvalue weighted by molar-refractivity contribution is 5.35. The maximum atomic E-state index is 14.2. The Hall–Kier alpha value is -1.94. The monoisotopic (exact) mass is 291 g/mol. The minimum absolute atomic E-state index is 0.0905. The van der Waals surface area contributed by atoms with Crippen LogP contribution >= 0.6 is 0 Å². The summed E-state index contributed by atoms with van der Waals surface area (Å²) in [6.45, 7) is 1.85. The smallest absolute Gasteiger partial charge is 0.168 e. The molecule has 0 bridgehead atoms. The zero-order valence-electron chi connectivity index (χ0n) is 12.4. The molecule has 21 heavy (non-hydrogen) atoms. The van der Waals surface area contributed by atoms with Crippen molar-refractivity contribution in [3.05, 3.63) is 64.7 Å². The van der Waals surface area contributed by atoms with Gasteiger partial charge in [0.1, 0.15) is 5.82 Å². The van der Waals surface area contributed by atoms with E-state index in [0.29, 0.717) is 12.0 Å². The molecule has 1 N–H and O–H groups in total. The van der Waals surface area contributed by atoms with Crippen molar-refractivity contribution in [1.82, 2.24) is 5.32 Å². The van der Waals surface area contributed by atoms with Gasteiger partial charge in [-0.2, -0.15) is 0 Å². The molecule has 0 aliphatic heterocycles. The van der Waals surface area contributed by atoms with Crippen LogP contribution in [0.25, 0.3) is 0 Å². The first kappa shape index (κ1) is 15.4. The molecule has 4 heteroatoms. The van der Waals surface area contributed by atoms with Crippen LogP contribution in [0.15, 0.2) is 36.4 Å². The molecular weight excluding hydrogens is 272 g/mol. The third-order valence-electron chi connectivity index (χ3n) is 3.64. The van der Waals surface area contributed by atoms with E-state index in [0.717, 1.165) is 11.1 Å². The Morgan fingerprint density at radius 2 is 1.95 bits per heavy atom. The van der Waals surface area contributed by atoms with E-state index < -0.39 is 0 Å². The van der Waals surface area contributed by atoms with Crippen LogP contribution in [0.4, 0.5) is 8.78 Å². The van der Waals surface area contributed by atoms with E-state index in [4.69, 9.17) is 4.74 Å². The summed E-state index contributed by atoms with van der Waals surface area (Å²) >= 11 is 0. The zero-order valence-corrected chi connectivity index (χ0v) is 12.4. The summed E-state index contributed by atoms with van der Waals surface area (Å²) in [5, 5.41) is 3.16. The average Bonchev–Trinajstić information content (AvgIpc) is 2.47. The second-order valence-electron chi connectivity index (χ2n) is 4.98. The maximum Gasteiger partial charge on any atom is 0.168 e. The number of halogens is 2. The highest BCUT2D eigenvalue weighted by atomic mass is 19.1. The van der Waals surface area contributed by atoms with Crippen LogP contribution in [-0.2, 0) is 6.42 Å². The van der Waals surface area contributed by atoms with Gasteiger partial charge >= 0.3 is 0 Å². The van der Waals surface area contributed by atoms with E-state index in [-0.39, 0.29) is 23.4 Å². The van der Waals surface area contributed by atoms with Gasteiger partial charge in [0, 0.05) is 6.04 Å². The molecule has 2 nitrogen and oxygen atoms in total. The number of methoxy groups -OCH3 is 1. The lowest BCUT2D eigenvalue weighted by Crippen LogP contribution is -2.20. The first-order valence-electron chi connectivity index (χ1n) is 6.81. The van der Waals surface area contributed by atoms with Gasteiger partial charge in [-0.15, -0.1) is 0 Å². The summed E-state index contributed by atoms with van der Waals surface area (Å²) < 4.78 is 32.4. The van der Waals surface area contributed by atoms with Crippen molar-refractivity contribution in [2.75, 3.05) is 14.2 Å². The van der Waals surface area contributed by atoms with Crippen molar-refractivity contribution in [3.8, 4) is 5.75 Å². The van der Waals surface area contributed by atoms with Crippen molar-refractivity contribution in [2.45, 2.75) is 19.4 Å². The second-order valence-corrected chi connectivity index (χ2v) is 4.98. The van der Waals surface area contributed by atoms with Gasteiger partial charge in [-0.25, -0.2) is 8.78 Å². The number of benzene rings is 2. The molecule has 1 atom stereocenters. The van der Waals surface area contributed by atoms with Gasteiger partial charge in [0.15, 0.2) is 11.6 Å².